The van der Waals surface area contributed by atoms with Crippen molar-refractivity contribution in [3.8, 4) is 5.75 Å². The Hall–Kier alpha value is -2.01. The van der Waals surface area contributed by atoms with Gasteiger partial charge in [-0.05, 0) is 29.8 Å². The lowest BCUT2D eigenvalue weighted by atomic mass is 9.98. The van der Waals surface area contributed by atoms with Gasteiger partial charge in [0.15, 0.2) is 0 Å². The molecular formula is C16H16F3NO. The summed E-state index contributed by atoms with van der Waals surface area (Å²) in [5.74, 6) is -0.213. The van der Waals surface area contributed by atoms with E-state index in [9.17, 15) is 13.2 Å². The van der Waals surface area contributed by atoms with Crippen molar-refractivity contribution in [3.05, 3.63) is 65.7 Å². The SMILES string of the molecule is CCNC(c1ccccc1)c1ccc(OC(F)(F)F)cc1. The van der Waals surface area contributed by atoms with E-state index in [0.29, 0.717) is 0 Å². The van der Waals surface area contributed by atoms with Gasteiger partial charge in [0.25, 0.3) is 0 Å². The second kappa shape index (κ2) is 6.63. The topological polar surface area (TPSA) is 21.3 Å². The van der Waals surface area contributed by atoms with Gasteiger partial charge < -0.3 is 10.1 Å². The number of ether oxygens (including phenoxy) is 1. The number of halogens is 3. The lowest BCUT2D eigenvalue weighted by Gasteiger charge is -2.19. The van der Waals surface area contributed by atoms with Gasteiger partial charge in [-0.1, -0.05) is 49.4 Å². The minimum atomic E-state index is -4.66. The van der Waals surface area contributed by atoms with Crippen LogP contribution in [-0.2, 0) is 0 Å². The van der Waals surface area contributed by atoms with Gasteiger partial charge in [-0.25, -0.2) is 0 Å². The van der Waals surface area contributed by atoms with Gasteiger partial charge >= 0.3 is 6.36 Å². The van der Waals surface area contributed by atoms with Crippen molar-refractivity contribution in [1.82, 2.24) is 5.32 Å². The summed E-state index contributed by atoms with van der Waals surface area (Å²) in [5, 5.41) is 3.32. The summed E-state index contributed by atoms with van der Waals surface area (Å²) in [6.07, 6.45) is -4.66. The zero-order valence-corrected chi connectivity index (χ0v) is 11.5. The molecule has 0 spiro atoms. The van der Waals surface area contributed by atoms with Crippen LogP contribution in [0.2, 0.25) is 0 Å². The molecule has 0 aromatic heterocycles. The third-order valence-electron chi connectivity index (χ3n) is 2.99. The van der Waals surface area contributed by atoms with Crippen molar-refractivity contribution in [2.45, 2.75) is 19.3 Å². The first-order chi connectivity index (χ1) is 9.99. The quantitative estimate of drug-likeness (QED) is 0.888. The summed E-state index contributed by atoms with van der Waals surface area (Å²) in [5.41, 5.74) is 1.95. The minimum absolute atomic E-state index is 0.0591. The molecule has 0 heterocycles. The Balaban J connectivity index is 2.22. The lowest BCUT2D eigenvalue weighted by Crippen LogP contribution is -2.22. The summed E-state index contributed by atoms with van der Waals surface area (Å²) >= 11 is 0. The predicted octanol–water partition coefficient (Wildman–Crippen LogP) is 4.28. The molecule has 2 aromatic carbocycles. The molecule has 2 nitrogen and oxygen atoms in total. The van der Waals surface area contributed by atoms with Gasteiger partial charge in [-0.15, -0.1) is 13.2 Å². The highest BCUT2D eigenvalue weighted by Crippen LogP contribution is 2.27. The first-order valence-corrected chi connectivity index (χ1v) is 6.63. The van der Waals surface area contributed by atoms with E-state index in [1.165, 1.54) is 12.1 Å². The molecule has 2 aromatic rings. The second-order valence-electron chi connectivity index (χ2n) is 4.52. The molecule has 2 rings (SSSR count). The van der Waals surface area contributed by atoms with Crippen LogP contribution in [0.15, 0.2) is 54.6 Å². The molecule has 5 heteroatoms. The molecule has 0 saturated carbocycles. The van der Waals surface area contributed by atoms with Crippen molar-refractivity contribution in [2.75, 3.05) is 6.54 Å². The predicted molar refractivity (Wildman–Crippen MR) is 75.1 cm³/mol. The average molecular weight is 295 g/mol. The lowest BCUT2D eigenvalue weighted by molar-refractivity contribution is -0.274. The highest BCUT2D eigenvalue weighted by atomic mass is 19.4. The van der Waals surface area contributed by atoms with E-state index in [1.54, 1.807) is 12.1 Å². The van der Waals surface area contributed by atoms with Crippen molar-refractivity contribution >= 4 is 0 Å². The Morgan fingerprint density at radius 2 is 1.52 bits per heavy atom. The molecule has 1 unspecified atom stereocenters. The molecule has 0 aliphatic rings. The van der Waals surface area contributed by atoms with Crippen molar-refractivity contribution in [3.63, 3.8) is 0 Å². The number of nitrogens with one attached hydrogen (secondary N) is 1. The van der Waals surface area contributed by atoms with Crippen molar-refractivity contribution < 1.29 is 17.9 Å². The Bertz CT molecular complexity index is 552. The number of hydrogen-bond donors (Lipinski definition) is 1. The molecule has 1 atom stereocenters. The molecule has 0 aliphatic heterocycles. The van der Waals surface area contributed by atoms with E-state index in [2.05, 4.69) is 10.1 Å². The molecule has 0 fully saturated rings. The van der Waals surface area contributed by atoms with Gasteiger partial charge in [0.1, 0.15) is 5.75 Å². The van der Waals surface area contributed by atoms with E-state index in [-0.39, 0.29) is 11.8 Å². The normalized spacial score (nSPS) is 13.0. The Kier molecular flexibility index (Phi) is 4.85. The monoisotopic (exact) mass is 295 g/mol. The maximum absolute atomic E-state index is 12.2. The highest BCUT2D eigenvalue weighted by Gasteiger charge is 2.31. The standard InChI is InChI=1S/C16H16F3NO/c1-2-20-15(12-6-4-3-5-7-12)13-8-10-14(11-9-13)21-16(17,18)19/h3-11,15,20H,2H2,1H3. The van der Waals surface area contributed by atoms with Crippen LogP contribution in [0.1, 0.15) is 24.1 Å². The molecule has 1 N–H and O–H groups in total. The number of hydrogen-bond acceptors (Lipinski definition) is 2. The first kappa shape index (κ1) is 15.4. The zero-order chi connectivity index (χ0) is 15.3. The van der Waals surface area contributed by atoms with Crippen LogP contribution < -0.4 is 10.1 Å². The number of alkyl halides is 3. The molecule has 0 amide bonds. The van der Waals surface area contributed by atoms with Gasteiger partial charge in [0.2, 0.25) is 0 Å². The summed E-state index contributed by atoms with van der Waals surface area (Å²) in [4.78, 5) is 0. The van der Waals surface area contributed by atoms with Gasteiger partial charge in [0.05, 0.1) is 6.04 Å². The smallest absolute Gasteiger partial charge is 0.406 e. The summed E-state index contributed by atoms with van der Waals surface area (Å²) < 4.78 is 40.3. The summed E-state index contributed by atoms with van der Waals surface area (Å²) in [7, 11) is 0. The third kappa shape index (κ3) is 4.49. The number of rotatable bonds is 5. The Morgan fingerprint density at radius 3 is 2.05 bits per heavy atom. The van der Waals surface area contributed by atoms with E-state index >= 15 is 0 Å². The molecule has 0 bridgehead atoms. The van der Waals surface area contributed by atoms with Gasteiger partial charge in [0, 0.05) is 0 Å². The van der Waals surface area contributed by atoms with Crippen LogP contribution in [0.25, 0.3) is 0 Å². The summed E-state index contributed by atoms with van der Waals surface area (Å²) in [6.45, 7) is 2.73. The largest absolute Gasteiger partial charge is 0.573 e. The van der Waals surface area contributed by atoms with Crippen molar-refractivity contribution in [2.24, 2.45) is 0 Å². The number of benzene rings is 2. The average Bonchev–Trinajstić information content (AvgIpc) is 2.45. The fourth-order valence-corrected chi connectivity index (χ4v) is 2.14. The fourth-order valence-electron chi connectivity index (χ4n) is 2.14. The van der Waals surface area contributed by atoms with E-state index in [1.807, 2.05) is 37.3 Å². The van der Waals surface area contributed by atoms with Gasteiger partial charge in [-0.3, -0.25) is 0 Å². The van der Waals surface area contributed by atoms with E-state index in [4.69, 9.17) is 0 Å². The Labute approximate surface area is 121 Å². The maximum atomic E-state index is 12.2. The van der Waals surface area contributed by atoms with Crippen LogP contribution in [-0.4, -0.2) is 12.9 Å². The van der Waals surface area contributed by atoms with E-state index < -0.39 is 6.36 Å². The van der Waals surface area contributed by atoms with E-state index in [0.717, 1.165) is 17.7 Å². The van der Waals surface area contributed by atoms with Crippen LogP contribution in [0, 0.1) is 0 Å². The molecule has 112 valence electrons. The van der Waals surface area contributed by atoms with Crippen LogP contribution in [0.5, 0.6) is 5.75 Å². The molecule has 21 heavy (non-hydrogen) atoms. The van der Waals surface area contributed by atoms with Crippen LogP contribution in [0.3, 0.4) is 0 Å². The Morgan fingerprint density at radius 1 is 0.952 bits per heavy atom. The van der Waals surface area contributed by atoms with Crippen LogP contribution >= 0.6 is 0 Å². The molecular weight excluding hydrogens is 279 g/mol. The molecule has 0 aliphatic carbocycles. The minimum Gasteiger partial charge on any atom is -0.406 e. The molecule has 0 saturated heterocycles. The van der Waals surface area contributed by atoms with Crippen molar-refractivity contribution in [1.29, 1.82) is 0 Å². The fraction of sp³-hybridized carbons (Fsp3) is 0.250. The zero-order valence-electron chi connectivity index (χ0n) is 11.5. The van der Waals surface area contributed by atoms with Crippen LogP contribution in [0.4, 0.5) is 13.2 Å². The maximum Gasteiger partial charge on any atom is 0.573 e. The summed E-state index contributed by atoms with van der Waals surface area (Å²) in [6, 6.07) is 15.6. The van der Waals surface area contributed by atoms with Gasteiger partial charge in [-0.2, -0.15) is 0 Å². The second-order valence-corrected chi connectivity index (χ2v) is 4.52. The molecule has 0 radical (unpaired) electrons. The highest BCUT2D eigenvalue weighted by molar-refractivity contribution is 5.35. The first-order valence-electron chi connectivity index (χ1n) is 6.63. The third-order valence-corrected chi connectivity index (χ3v) is 2.99.